The van der Waals surface area contributed by atoms with Crippen LogP contribution in [0.25, 0.3) is 0 Å². The second-order valence-corrected chi connectivity index (χ2v) is 4.36. The fourth-order valence-corrected chi connectivity index (χ4v) is 2.11. The maximum atomic E-state index is 14.1. The number of alkyl halides is 1. The average molecular weight is 222 g/mol. The van der Waals surface area contributed by atoms with Crippen LogP contribution in [-0.2, 0) is 11.2 Å². The van der Waals surface area contributed by atoms with E-state index in [-0.39, 0.29) is 12.3 Å². The largest absolute Gasteiger partial charge is 0.481 e. The maximum Gasteiger partial charge on any atom is 0.307 e. The molecule has 1 N–H and O–H groups in total. The topological polar surface area (TPSA) is 37.3 Å². The fourth-order valence-electron chi connectivity index (χ4n) is 2.11. The van der Waals surface area contributed by atoms with E-state index in [4.69, 9.17) is 5.11 Å². The number of aliphatic carboxylic acids is 1. The summed E-state index contributed by atoms with van der Waals surface area (Å²) in [6, 6.07) is 6.94. The predicted molar refractivity (Wildman–Crippen MR) is 59.0 cm³/mol. The minimum Gasteiger partial charge on any atom is -0.481 e. The smallest absolute Gasteiger partial charge is 0.307 e. The van der Waals surface area contributed by atoms with Crippen molar-refractivity contribution in [3.63, 3.8) is 0 Å². The first kappa shape index (κ1) is 11.1. The van der Waals surface area contributed by atoms with E-state index in [9.17, 15) is 9.18 Å². The number of hydrogen-bond acceptors (Lipinski definition) is 1. The number of carboxylic acids is 1. The number of carboxylic acid groups (broad SMARTS) is 1. The van der Waals surface area contributed by atoms with E-state index >= 15 is 0 Å². The summed E-state index contributed by atoms with van der Waals surface area (Å²) in [6.45, 7) is 0. The minimum absolute atomic E-state index is 0.0925. The molecule has 3 heteroatoms. The summed E-state index contributed by atoms with van der Waals surface area (Å²) in [5, 5.41) is 8.76. The predicted octanol–water partition coefficient (Wildman–Crippen LogP) is 3.12. The second kappa shape index (κ2) is 4.64. The van der Waals surface area contributed by atoms with E-state index in [1.807, 2.05) is 0 Å². The molecule has 0 heterocycles. The highest BCUT2D eigenvalue weighted by Crippen LogP contribution is 2.41. The lowest BCUT2D eigenvalue weighted by Crippen LogP contribution is -2.18. The first-order valence-corrected chi connectivity index (χ1v) is 5.62. The van der Waals surface area contributed by atoms with Gasteiger partial charge in [-0.3, -0.25) is 4.79 Å². The van der Waals surface area contributed by atoms with Crippen LogP contribution in [0.1, 0.15) is 36.6 Å². The molecular weight excluding hydrogens is 207 g/mol. The lowest BCUT2D eigenvalue weighted by Gasteiger charge is -2.29. The van der Waals surface area contributed by atoms with Crippen LogP contribution in [0, 0.1) is 5.92 Å². The van der Waals surface area contributed by atoms with Crippen molar-refractivity contribution < 1.29 is 14.3 Å². The third-order valence-corrected chi connectivity index (χ3v) is 3.26. The van der Waals surface area contributed by atoms with Crippen molar-refractivity contribution in [3.05, 3.63) is 35.4 Å². The van der Waals surface area contributed by atoms with Crippen molar-refractivity contribution in [2.45, 2.75) is 31.9 Å². The summed E-state index contributed by atoms with van der Waals surface area (Å²) in [5.41, 5.74) is 1.17. The first-order chi connectivity index (χ1) is 7.68. The van der Waals surface area contributed by atoms with Gasteiger partial charge < -0.3 is 5.11 Å². The molecular formula is C13H15FO2. The van der Waals surface area contributed by atoms with Crippen LogP contribution in [0.2, 0.25) is 0 Å². The molecule has 0 bridgehead atoms. The Morgan fingerprint density at radius 2 is 2.12 bits per heavy atom. The van der Waals surface area contributed by atoms with Gasteiger partial charge in [0.25, 0.3) is 0 Å². The van der Waals surface area contributed by atoms with Crippen molar-refractivity contribution in [1.29, 1.82) is 0 Å². The van der Waals surface area contributed by atoms with Crippen molar-refractivity contribution in [2.24, 2.45) is 5.92 Å². The molecule has 0 aromatic heterocycles. The Kier molecular flexibility index (Phi) is 3.22. The molecule has 1 aromatic rings. The van der Waals surface area contributed by atoms with E-state index < -0.39 is 12.1 Å². The van der Waals surface area contributed by atoms with Crippen LogP contribution in [0.15, 0.2) is 24.3 Å². The monoisotopic (exact) mass is 222 g/mol. The third-order valence-electron chi connectivity index (χ3n) is 3.26. The third kappa shape index (κ3) is 2.23. The van der Waals surface area contributed by atoms with Crippen LogP contribution in [-0.4, -0.2) is 11.1 Å². The molecule has 1 unspecified atom stereocenters. The van der Waals surface area contributed by atoms with Gasteiger partial charge in [0.15, 0.2) is 0 Å². The Hall–Kier alpha value is -1.38. The Bertz CT molecular complexity index is 385. The first-order valence-electron chi connectivity index (χ1n) is 5.62. The molecule has 0 aliphatic heterocycles. The van der Waals surface area contributed by atoms with Gasteiger partial charge in [-0.25, -0.2) is 4.39 Å². The fraction of sp³-hybridized carbons (Fsp3) is 0.462. The molecule has 2 rings (SSSR count). The number of halogens is 1. The van der Waals surface area contributed by atoms with E-state index in [1.54, 1.807) is 24.3 Å². The summed E-state index contributed by atoms with van der Waals surface area (Å²) in [5.74, 6) is -0.816. The molecule has 1 aliphatic carbocycles. The molecule has 16 heavy (non-hydrogen) atoms. The minimum atomic E-state index is -0.996. The van der Waals surface area contributed by atoms with Gasteiger partial charge in [0.05, 0.1) is 6.42 Å². The molecule has 1 aliphatic rings. The highest BCUT2D eigenvalue weighted by Gasteiger charge is 2.29. The van der Waals surface area contributed by atoms with E-state index in [0.29, 0.717) is 11.1 Å². The highest BCUT2D eigenvalue weighted by molar-refractivity contribution is 5.70. The number of carbonyl (C=O) groups is 1. The highest BCUT2D eigenvalue weighted by atomic mass is 19.1. The Balaban J connectivity index is 2.20. The lowest BCUT2D eigenvalue weighted by atomic mass is 9.78. The SMILES string of the molecule is O=C(O)Cc1ccccc1C(F)C1CCC1. The lowest BCUT2D eigenvalue weighted by molar-refractivity contribution is -0.136. The quantitative estimate of drug-likeness (QED) is 0.849. The number of hydrogen-bond donors (Lipinski definition) is 1. The Labute approximate surface area is 94.1 Å². The molecule has 1 fully saturated rings. The van der Waals surface area contributed by atoms with Gasteiger partial charge in [-0.15, -0.1) is 0 Å². The summed E-state index contributed by atoms with van der Waals surface area (Å²) in [7, 11) is 0. The van der Waals surface area contributed by atoms with Gasteiger partial charge in [0.1, 0.15) is 6.17 Å². The van der Waals surface area contributed by atoms with Gasteiger partial charge in [0.2, 0.25) is 0 Å². The van der Waals surface area contributed by atoms with Gasteiger partial charge in [-0.2, -0.15) is 0 Å². The van der Waals surface area contributed by atoms with Crippen molar-refractivity contribution in [3.8, 4) is 0 Å². The van der Waals surface area contributed by atoms with E-state index in [0.717, 1.165) is 19.3 Å². The molecule has 0 radical (unpaired) electrons. The molecule has 1 aromatic carbocycles. The average Bonchev–Trinajstić information content (AvgIpc) is 2.14. The zero-order valence-electron chi connectivity index (χ0n) is 9.03. The van der Waals surface area contributed by atoms with Crippen LogP contribution >= 0.6 is 0 Å². The van der Waals surface area contributed by atoms with Crippen LogP contribution < -0.4 is 0 Å². The second-order valence-electron chi connectivity index (χ2n) is 4.36. The van der Waals surface area contributed by atoms with Crippen LogP contribution in [0.3, 0.4) is 0 Å². The molecule has 0 amide bonds. The Morgan fingerprint density at radius 1 is 1.44 bits per heavy atom. The maximum absolute atomic E-state index is 14.1. The summed E-state index contributed by atoms with van der Waals surface area (Å²) >= 11 is 0. The normalized spacial score (nSPS) is 17.8. The van der Waals surface area contributed by atoms with Gasteiger partial charge in [0, 0.05) is 0 Å². The molecule has 1 atom stereocenters. The van der Waals surface area contributed by atoms with E-state index in [2.05, 4.69) is 0 Å². The standard InChI is InChI=1S/C13H15FO2/c14-13(9-5-3-6-9)11-7-2-1-4-10(11)8-12(15)16/h1-2,4,7,9,13H,3,5-6,8H2,(H,15,16). The summed E-state index contributed by atoms with van der Waals surface area (Å²) in [6.07, 6.45) is 1.84. The van der Waals surface area contributed by atoms with Crippen molar-refractivity contribution in [1.82, 2.24) is 0 Å². The van der Waals surface area contributed by atoms with Crippen molar-refractivity contribution >= 4 is 5.97 Å². The van der Waals surface area contributed by atoms with Gasteiger partial charge in [-0.1, -0.05) is 30.7 Å². The van der Waals surface area contributed by atoms with E-state index in [1.165, 1.54) is 0 Å². The Morgan fingerprint density at radius 3 is 2.69 bits per heavy atom. The summed E-state index contributed by atoms with van der Waals surface area (Å²) < 4.78 is 14.1. The number of benzene rings is 1. The zero-order chi connectivity index (χ0) is 11.5. The molecule has 0 saturated heterocycles. The molecule has 2 nitrogen and oxygen atoms in total. The van der Waals surface area contributed by atoms with Crippen molar-refractivity contribution in [2.75, 3.05) is 0 Å². The molecule has 1 saturated carbocycles. The number of rotatable bonds is 4. The van der Waals surface area contributed by atoms with Gasteiger partial charge in [-0.05, 0) is 29.9 Å². The van der Waals surface area contributed by atoms with Crippen LogP contribution in [0.5, 0.6) is 0 Å². The van der Waals surface area contributed by atoms with Crippen LogP contribution in [0.4, 0.5) is 4.39 Å². The summed E-state index contributed by atoms with van der Waals surface area (Å²) in [4.78, 5) is 10.7. The zero-order valence-corrected chi connectivity index (χ0v) is 9.03. The molecule has 86 valence electrons. The molecule has 0 spiro atoms. The van der Waals surface area contributed by atoms with Gasteiger partial charge >= 0.3 is 5.97 Å².